The quantitative estimate of drug-likeness (QED) is 0.657. The Labute approximate surface area is 106 Å². The molecule has 17 heavy (non-hydrogen) atoms. The summed E-state index contributed by atoms with van der Waals surface area (Å²) in [5, 5.41) is 0. The standard InChI is InChI=1S/C14H21O2Si/c1-4-13-9-7-8-10-14(13)11-16-17(6-3)12-15-5-2/h4,7-10H,1,5-6,11-12H2,2-3H3. The molecule has 2 nitrogen and oxygen atoms in total. The zero-order valence-electron chi connectivity index (χ0n) is 10.7. The average Bonchev–Trinajstić information content (AvgIpc) is 2.39. The second-order valence-corrected chi connectivity index (χ2v) is 6.08. The number of rotatable bonds is 8. The van der Waals surface area contributed by atoms with Crippen LogP contribution in [0, 0.1) is 0 Å². The zero-order chi connectivity index (χ0) is 12.5. The fourth-order valence-corrected chi connectivity index (χ4v) is 2.79. The zero-order valence-corrected chi connectivity index (χ0v) is 11.7. The molecule has 0 aliphatic carbocycles. The first kappa shape index (κ1) is 14.2. The maximum Gasteiger partial charge on any atom is 0.238 e. The Morgan fingerprint density at radius 2 is 2.06 bits per heavy atom. The molecule has 0 N–H and O–H groups in total. The van der Waals surface area contributed by atoms with Gasteiger partial charge in [0.05, 0.1) is 12.8 Å². The Kier molecular flexibility index (Phi) is 6.85. The topological polar surface area (TPSA) is 18.5 Å². The van der Waals surface area contributed by atoms with Gasteiger partial charge in [-0.1, -0.05) is 43.8 Å². The van der Waals surface area contributed by atoms with Crippen molar-refractivity contribution in [2.75, 3.05) is 12.8 Å². The van der Waals surface area contributed by atoms with E-state index in [0.717, 1.165) is 24.4 Å². The predicted molar refractivity (Wildman–Crippen MR) is 74.1 cm³/mol. The van der Waals surface area contributed by atoms with E-state index in [1.807, 2.05) is 25.1 Å². The van der Waals surface area contributed by atoms with Gasteiger partial charge in [0.1, 0.15) is 0 Å². The van der Waals surface area contributed by atoms with Crippen LogP contribution >= 0.6 is 0 Å². The third-order valence-electron chi connectivity index (χ3n) is 2.57. The van der Waals surface area contributed by atoms with Crippen LogP contribution < -0.4 is 0 Å². The summed E-state index contributed by atoms with van der Waals surface area (Å²) in [4.78, 5) is 0. The molecule has 0 aromatic heterocycles. The molecule has 0 unspecified atom stereocenters. The molecule has 0 bridgehead atoms. The summed E-state index contributed by atoms with van der Waals surface area (Å²) in [5.41, 5.74) is 2.36. The lowest BCUT2D eigenvalue weighted by Gasteiger charge is -2.14. The smallest absolute Gasteiger partial charge is 0.238 e. The first-order valence-corrected chi connectivity index (χ1v) is 7.89. The molecule has 1 aromatic rings. The summed E-state index contributed by atoms with van der Waals surface area (Å²) >= 11 is 0. The van der Waals surface area contributed by atoms with Crippen LogP contribution in [0.5, 0.6) is 0 Å². The van der Waals surface area contributed by atoms with Crippen LogP contribution in [0.15, 0.2) is 30.8 Å². The number of ether oxygens (including phenoxy) is 1. The number of benzene rings is 1. The predicted octanol–water partition coefficient (Wildman–Crippen LogP) is 3.43. The molecule has 3 heteroatoms. The molecule has 0 saturated carbocycles. The average molecular weight is 249 g/mol. The molecule has 93 valence electrons. The van der Waals surface area contributed by atoms with Crippen molar-refractivity contribution in [3.63, 3.8) is 0 Å². The number of hydrogen-bond acceptors (Lipinski definition) is 2. The van der Waals surface area contributed by atoms with E-state index >= 15 is 0 Å². The van der Waals surface area contributed by atoms with E-state index in [0.29, 0.717) is 6.61 Å². The van der Waals surface area contributed by atoms with Gasteiger partial charge in [0.2, 0.25) is 9.04 Å². The monoisotopic (exact) mass is 249 g/mol. The van der Waals surface area contributed by atoms with Gasteiger partial charge in [-0.25, -0.2) is 0 Å². The van der Waals surface area contributed by atoms with Gasteiger partial charge in [-0.3, -0.25) is 0 Å². The minimum Gasteiger partial charge on any atom is -0.410 e. The fraction of sp³-hybridized carbons (Fsp3) is 0.429. The van der Waals surface area contributed by atoms with Crippen molar-refractivity contribution in [3.05, 3.63) is 42.0 Å². The van der Waals surface area contributed by atoms with E-state index in [2.05, 4.69) is 25.6 Å². The van der Waals surface area contributed by atoms with Crippen molar-refractivity contribution < 1.29 is 9.16 Å². The van der Waals surface area contributed by atoms with E-state index in [-0.39, 0.29) is 0 Å². The third-order valence-corrected chi connectivity index (χ3v) is 4.44. The second kappa shape index (κ2) is 8.23. The van der Waals surface area contributed by atoms with E-state index in [1.54, 1.807) is 0 Å². The maximum atomic E-state index is 5.95. The Hall–Kier alpha value is -0.903. The molecular formula is C14H21O2Si. The first-order chi connectivity index (χ1) is 8.31. The van der Waals surface area contributed by atoms with E-state index < -0.39 is 9.04 Å². The van der Waals surface area contributed by atoms with Crippen LogP contribution in [0.1, 0.15) is 25.0 Å². The van der Waals surface area contributed by atoms with Gasteiger partial charge >= 0.3 is 0 Å². The Bertz CT molecular complexity index is 339. The summed E-state index contributed by atoms with van der Waals surface area (Å²) in [6.07, 6.45) is 2.65. The molecule has 0 aliphatic heterocycles. The van der Waals surface area contributed by atoms with Gasteiger partial charge in [-0.15, -0.1) is 0 Å². The molecule has 0 aliphatic rings. The van der Waals surface area contributed by atoms with Crippen LogP contribution in [0.4, 0.5) is 0 Å². The fourth-order valence-electron chi connectivity index (χ4n) is 1.51. The van der Waals surface area contributed by atoms with Gasteiger partial charge in [0.25, 0.3) is 0 Å². The molecule has 0 heterocycles. The lowest BCUT2D eigenvalue weighted by Crippen LogP contribution is -2.24. The van der Waals surface area contributed by atoms with Crippen molar-refractivity contribution in [1.29, 1.82) is 0 Å². The van der Waals surface area contributed by atoms with Crippen LogP contribution in [0.3, 0.4) is 0 Å². The van der Waals surface area contributed by atoms with Gasteiger partial charge in [-0.2, -0.15) is 0 Å². The molecule has 0 atom stereocenters. The first-order valence-electron chi connectivity index (χ1n) is 6.07. The van der Waals surface area contributed by atoms with E-state index in [4.69, 9.17) is 9.16 Å². The van der Waals surface area contributed by atoms with E-state index in [1.165, 1.54) is 5.56 Å². The second-order valence-electron chi connectivity index (χ2n) is 3.72. The molecule has 0 saturated heterocycles. The summed E-state index contributed by atoms with van der Waals surface area (Å²) in [5.74, 6) is 0. The Balaban J connectivity index is 2.50. The SMILES string of the molecule is C=Cc1ccccc1CO[Si](CC)COCC. The van der Waals surface area contributed by atoms with Crippen LogP contribution in [-0.4, -0.2) is 21.9 Å². The summed E-state index contributed by atoms with van der Waals surface area (Å²) in [6, 6.07) is 9.28. The van der Waals surface area contributed by atoms with Crippen LogP contribution in [0.2, 0.25) is 6.04 Å². The minimum atomic E-state index is -0.825. The van der Waals surface area contributed by atoms with Gasteiger partial charge in [0.15, 0.2) is 0 Å². The normalized spacial score (nSPS) is 10.8. The largest absolute Gasteiger partial charge is 0.410 e. The van der Waals surface area contributed by atoms with Crippen molar-refractivity contribution in [1.82, 2.24) is 0 Å². The molecule has 0 amide bonds. The number of hydrogen-bond donors (Lipinski definition) is 0. The molecule has 1 aromatic carbocycles. The highest BCUT2D eigenvalue weighted by atomic mass is 28.3. The lowest BCUT2D eigenvalue weighted by molar-refractivity contribution is 0.169. The summed E-state index contributed by atoms with van der Waals surface area (Å²) < 4.78 is 11.4. The minimum absolute atomic E-state index is 0.664. The van der Waals surface area contributed by atoms with Gasteiger partial charge in [0, 0.05) is 6.61 Å². The Morgan fingerprint density at radius 1 is 1.29 bits per heavy atom. The summed E-state index contributed by atoms with van der Waals surface area (Å²) in [6.45, 7) is 9.42. The van der Waals surface area contributed by atoms with Gasteiger partial charge in [-0.05, 0) is 24.1 Å². The van der Waals surface area contributed by atoms with Crippen LogP contribution in [-0.2, 0) is 15.8 Å². The molecule has 1 rings (SSSR count). The molecular weight excluding hydrogens is 228 g/mol. The van der Waals surface area contributed by atoms with Crippen LogP contribution in [0.25, 0.3) is 6.08 Å². The highest BCUT2D eigenvalue weighted by molar-refractivity contribution is 6.51. The molecule has 0 fully saturated rings. The highest BCUT2D eigenvalue weighted by Gasteiger charge is 2.11. The third kappa shape index (κ3) is 4.85. The van der Waals surface area contributed by atoms with E-state index in [9.17, 15) is 0 Å². The van der Waals surface area contributed by atoms with Crippen molar-refractivity contribution in [2.45, 2.75) is 26.5 Å². The molecule has 1 radical (unpaired) electrons. The Morgan fingerprint density at radius 3 is 2.71 bits per heavy atom. The molecule has 0 spiro atoms. The lowest BCUT2D eigenvalue weighted by atomic mass is 10.1. The van der Waals surface area contributed by atoms with Crippen molar-refractivity contribution in [3.8, 4) is 0 Å². The van der Waals surface area contributed by atoms with Crippen molar-refractivity contribution in [2.24, 2.45) is 0 Å². The van der Waals surface area contributed by atoms with Gasteiger partial charge < -0.3 is 9.16 Å². The summed E-state index contributed by atoms with van der Waals surface area (Å²) in [7, 11) is -0.825. The maximum absolute atomic E-state index is 5.95. The van der Waals surface area contributed by atoms with Crippen molar-refractivity contribution >= 4 is 15.1 Å². The highest BCUT2D eigenvalue weighted by Crippen LogP contribution is 2.12.